The molecule has 2 atom stereocenters. The summed E-state index contributed by atoms with van der Waals surface area (Å²) >= 11 is 6.49. The number of hydrazone groups is 1. The van der Waals surface area contributed by atoms with Crippen LogP contribution in [0.15, 0.2) is 108 Å². The zero-order valence-electron chi connectivity index (χ0n) is 20.6. The number of benzene rings is 4. The van der Waals surface area contributed by atoms with Gasteiger partial charge in [0.05, 0.1) is 28.0 Å². The van der Waals surface area contributed by atoms with Gasteiger partial charge in [0, 0.05) is 17.7 Å². The molecule has 4 aromatic carbocycles. The van der Waals surface area contributed by atoms with Crippen molar-refractivity contribution in [3.63, 3.8) is 0 Å². The molecular weight excluding hydrogens is 510 g/mol. The van der Waals surface area contributed by atoms with Crippen LogP contribution in [0, 0.1) is 11.8 Å². The molecule has 0 saturated carbocycles. The summed E-state index contributed by atoms with van der Waals surface area (Å²) in [5, 5.41) is 4.77. The topological polar surface area (TPSA) is 78.8 Å². The average Bonchev–Trinajstić information content (AvgIpc) is 3.24. The number of anilines is 1. The smallest absolute Gasteiger partial charge is 0.271 e. The predicted molar refractivity (Wildman–Crippen MR) is 149 cm³/mol. The Kier molecular flexibility index (Phi) is 5.28. The maximum Gasteiger partial charge on any atom is 0.271 e. The van der Waals surface area contributed by atoms with Crippen molar-refractivity contribution < 1.29 is 14.4 Å². The number of amides is 3. The van der Waals surface area contributed by atoms with E-state index >= 15 is 0 Å². The van der Waals surface area contributed by atoms with Gasteiger partial charge in [-0.3, -0.25) is 14.4 Å². The molecule has 8 rings (SSSR count). The number of imide groups is 1. The molecule has 1 heterocycles. The second-order valence-electron chi connectivity index (χ2n) is 10.1. The standard InChI is InChI=1S/C32H22ClN3O3/c33-24-16-8-9-17-25(24)36-30(38)27-26-20-12-4-6-14-22(20)32(28(27)31(36)39,23-15-7-5-13-21(23)26)18-34-35-29(37)19-10-2-1-3-11-19/h1-18,26-28H,(H,35,37)/b34-18-/t26?,27-,28+,32?/m0/s1. The lowest BCUT2D eigenvalue weighted by Crippen LogP contribution is -2.54. The fraction of sp³-hybridized carbons (Fsp3) is 0.125. The van der Waals surface area contributed by atoms with Gasteiger partial charge in [0.1, 0.15) is 0 Å². The van der Waals surface area contributed by atoms with Crippen molar-refractivity contribution in [1.29, 1.82) is 0 Å². The molecule has 4 aliphatic rings. The molecule has 1 saturated heterocycles. The van der Waals surface area contributed by atoms with Crippen molar-refractivity contribution in [2.75, 3.05) is 4.90 Å². The first-order valence-corrected chi connectivity index (χ1v) is 13.1. The van der Waals surface area contributed by atoms with Gasteiger partial charge in [-0.05, 0) is 46.5 Å². The zero-order chi connectivity index (χ0) is 26.7. The van der Waals surface area contributed by atoms with Crippen LogP contribution in [0.1, 0.15) is 38.5 Å². The molecule has 6 nitrogen and oxygen atoms in total. The molecule has 1 aliphatic heterocycles. The van der Waals surface area contributed by atoms with Crippen LogP contribution in [-0.4, -0.2) is 23.9 Å². The molecule has 0 aromatic heterocycles. The number of halogens is 1. The van der Waals surface area contributed by atoms with Gasteiger partial charge in [0.15, 0.2) is 0 Å². The largest absolute Gasteiger partial charge is 0.274 e. The number of hydrogen-bond acceptors (Lipinski definition) is 4. The van der Waals surface area contributed by atoms with Gasteiger partial charge < -0.3 is 0 Å². The molecule has 39 heavy (non-hydrogen) atoms. The number of nitrogens with one attached hydrogen (secondary N) is 1. The van der Waals surface area contributed by atoms with Gasteiger partial charge in [-0.1, -0.05) is 90.5 Å². The van der Waals surface area contributed by atoms with Gasteiger partial charge >= 0.3 is 0 Å². The number of para-hydroxylation sites is 1. The number of carbonyl (C=O) groups excluding carboxylic acids is 3. The van der Waals surface area contributed by atoms with Crippen LogP contribution in [0.2, 0.25) is 5.02 Å². The summed E-state index contributed by atoms with van der Waals surface area (Å²) in [7, 11) is 0. The average molecular weight is 532 g/mol. The number of rotatable bonds is 4. The van der Waals surface area contributed by atoms with Crippen molar-refractivity contribution in [2.45, 2.75) is 11.3 Å². The van der Waals surface area contributed by atoms with E-state index in [1.807, 2.05) is 54.6 Å². The Morgan fingerprint density at radius 2 is 1.38 bits per heavy atom. The summed E-state index contributed by atoms with van der Waals surface area (Å²) in [6.07, 6.45) is 1.65. The van der Waals surface area contributed by atoms with Crippen molar-refractivity contribution in [2.24, 2.45) is 16.9 Å². The minimum absolute atomic E-state index is 0.279. The molecule has 4 aromatic rings. The Labute approximate surface area is 229 Å². The van der Waals surface area contributed by atoms with Crippen molar-refractivity contribution >= 4 is 41.2 Å². The van der Waals surface area contributed by atoms with Crippen LogP contribution in [0.4, 0.5) is 5.69 Å². The van der Waals surface area contributed by atoms with E-state index in [0.29, 0.717) is 16.3 Å². The normalized spacial score (nSPS) is 24.4. The maximum atomic E-state index is 14.3. The molecular formula is C32H22ClN3O3. The lowest BCUT2D eigenvalue weighted by Gasteiger charge is -2.52. The fourth-order valence-corrected chi connectivity index (χ4v) is 6.99. The Morgan fingerprint density at radius 1 is 0.795 bits per heavy atom. The molecule has 0 unspecified atom stereocenters. The lowest BCUT2D eigenvalue weighted by atomic mass is 9.47. The lowest BCUT2D eigenvalue weighted by molar-refractivity contribution is -0.122. The van der Waals surface area contributed by atoms with Crippen LogP contribution >= 0.6 is 11.6 Å². The van der Waals surface area contributed by atoms with E-state index in [0.717, 1.165) is 22.3 Å². The predicted octanol–water partition coefficient (Wildman–Crippen LogP) is 5.31. The second-order valence-corrected chi connectivity index (χ2v) is 10.5. The summed E-state index contributed by atoms with van der Waals surface area (Å²) in [5.41, 5.74) is 6.21. The van der Waals surface area contributed by atoms with Gasteiger partial charge in [0.2, 0.25) is 11.8 Å². The number of nitrogens with zero attached hydrogens (tertiary/aromatic N) is 2. The highest BCUT2D eigenvalue weighted by Crippen LogP contribution is 2.63. The van der Waals surface area contributed by atoms with E-state index in [1.165, 1.54) is 4.90 Å². The minimum Gasteiger partial charge on any atom is -0.274 e. The third kappa shape index (κ3) is 3.21. The first-order valence-electron chi connectivity index (χ1n) is 12.7. The summed E-state index contributed by atoms with van der Waals surface area (Å²) in [6, 6.07) is 31.5. The summed E-state index contributed by atoms with van der Waals surface area (Å²) in [5.74, 6) is -2.66. The third-order valence-electron chi connectivity index (χ3n) is 8.25. The Hall–Kier alpha value is -4.55. The van der Waals surface area contributed by atoms with Crippen molar-refractivity contribution in [3.05, 3.63) is 136 Å². The van der Waals surface area contributed by atoms with Gasteiger partial charge in [-0.15, -0.1) is 0 Å². The van der Waals surface area contributed by atoms with Gasteiger partial charge in [0.25, 0.3) is 5.91 Å². The van der Waals surface area contributed by atoms with Crippen molar-refractivity contribution in [1.82, 2.24) is 5.43 Å². The van der Waals surface area contributed by atoms with Crippen LogP contribution in [0.25, 0.3) is 0 Å². The van der Waals surface area contributed by atoms with Crippen molar-refractivity contribution in [3.8, 4) is 0 Å². The van der Waals surface area contributed by atoms with E-state index in [9.17, 15) is 14.4 Å². The SMILES string of the molecule is O=C(N/N=C\C12c3ccccc3C(c3ccccc31)[C@@H]1C(=O)N(c3ccccc3Cl)C(=O)[C@@H]12)c1ccccc1. The Balaban J connectivity index is 1.43. The highest BCUT2D eigenvalue weighted by atomic mass is 35.5. The number of carbonyl (C=O) groups is 3. The van der Waals surface area contributed by atoms with E-state index in [2.05, 4.69) is 10.5 Å². The molecule has 1 N–H and O–H groups in total. The molecule has 7 heteroatoms. The first kappa shape index (κ1) is 23.6. The molecule has 0 radical (unpaired) electrons. The highest BCUT2D eigenvalue weighted by Gasteiger charge is 2.68. The van der Waals surface area contributed by atoms with Gasteiger partial charge in [-0.2, -0.15) is 5.10 Å². The molecule has 0 spiro atoms. The van der Waals surface area contributed by atoms with Crippen LogP contribution in [0.5, 0.6) is 0 Å². The monoisotopic (exact) mass is 531 g/mol. The van der Waals surface area contributed by atoms with Crippen LogP contribution in [-0.2, 0) is 15.0 Å². The maximum absolute atomic E-state index is 14.3. The summed E-state index contributed by atoms with van der Waals surface area (Å²) in [6.45, 7) is 0. The number of hydrogen-bond donors (Lipinski definition) is 1. The second kappa shape index (κ2) is 8.75. The van der Waals surface area contributed by atoms with Crippen LogP contribution < -0.4 is 10.3 Å². The fourth-order valence-electron chi connectivity index (χ4n) is 6.77. The Morgan fingerprint density at radius 3 is 2.05 bits per heavy atom. The van der Waals surface area contributed by atoms with Crippen LogP contribution in [0.3, 0.4) is 0 Å². The van der Waals surface area contributed by atoms with E-state index < -0.39 is 17.3 Å². The summed E-state index contributed by atoms with van der Waals surface area (Å²) in [4.78, 5) is 42.6. The quantitative estimate of drug-likeness (QED) is 0.220. The highest BCUT2D eigenvalue weighted by molar-refractivity contribution is 6.36. The van der Waals surface area contributed by atoms with E-state index in [-0.39, 0.29) is 23.6 Å². The van der Waals surface area contributed by atoms with E-state index in [1.54, 1.807) is 54.7 Å². The van der Waals surface area contributed by atoms with E-state index in [4.69, 9.17) is 11.6 Å². The minimum atomic E-state index is -1.07. The summed E-state index contributed by atoms with van der Waals surface area (Å²) < 4.78 is 0. The molecule has 190 valence electrons. The molecule has 3 amide bonds. The van der Waals surface area contributed by atoms with Gasteiger partial charge in [-0.25, -0.2) is 10.3 Å². The molecule has 2 bridgehead atoms. The molecule has 1 fully saturated rings. The third-order valence-corrected chi connectivity index (χ3v) is 8.57. The Bertz CT molecular complexity index is 1650. The molecule has 3 aliphatic carbocycles. The zero-order valence-corrected chi connectivity index (χ0v) is 21.4. The first-order chi connectivity index (χ1) is 19.0.